The molecule has 0 fully saturated rings. The molecule has 1 aromatic heterocycles. The van der Waals surface area contributed by atoms with E-state index in [9.17, 15) is 9.90 Å². The van der Waals surface area contributed by atoms with Gasteiger partial charge in [-0.05, 0) is 52.9 Å². The van der Waals surface area contributed by atoms with Crippen LogP contribution in [0.15, 0.2) is 71.1 Å². The molecule has 4 aromatic rings. The Kier molecular flexibility index (Phi) is 6.07. The van der Waals surface area contributed by atoms with Crippen molar-refractivity contribution < 1.29 is 19.1 Å². The Labute approximate surface area is 205 Å². The minimum absolute atomic E-state index is 0.159. The highest BCUT2D eigenvalue weighted by Crippen LogP contribution is 2.34. The van der Waals surface area contributed by atoms with Crippen LogP contribution in [-0.2, 0) is 29.8 Å². The molecule has 0 bridgehead atoms. The Hall–Kier alpha value is -3.64. The van der Waals surface area contributed by atoms with Crippen LogP contribution in [0.4, 0.5) is 0 Å². The minimum atomic E-state index is -0.842. The summed E-state index contributed by atoms with van der Waals surface area (Å²) in [7, 11) is 0. The van der Waals surface area contributed by atoms with Crippen LogP contribution < -0.4 is 4.74 Å². The van der Waals surface area contributed by atoms with Crippen molar-refractivity contribution in [2.75, 3.05) is 6.54 Å². The zero-order valence-electron chi connectivity index (χ0n) is 20.3. The largest absolute Gasteiger partial charge is 0.489 e. The van der Waals surface area contributed by atoms with Gasteiger partial charge in [-0.25, -0.2) is 4.98 Å². The predicted octanol–water partition coefficient (Wildman–Crippen LogP) is 5.89. The van der Waals surface area contributed by atoms with E-state index in [2.05, 4.69) is 25.8 Å². The standard InChI is InChI=1S/C29H30N2O4/c1-29(2,3)28-30-24-15-20(9-12-25(24)35-28)18-34-22-11-10-21-13-14-31(17-19-7-5-4-6-8-19)26(27(32)33)23(21)16-22/h4-12,15-16,26H,13-14,17-18H2,1-3H3,(H,32,33). The molecule has 0 aliphatic carbocycles. The van der Waals surface area contributed by atoms with Crippen LogP contribution in [0.5, 0.6) is 5.75 Å². The lowest BCUT2D eigenvalue weighted by atomic mass is 9.92. The second kappa shape index (κ2) is 9.19. The first-order valence-corrected chi connectivity index (χ1v) is 11.9. The molecule has 1 aliphatic rings. The first kappa shape index (κ1) is 23.1. The number of carboxylic acids is 1. The fourth-order valence-corrected chi connectivity index (χ4v) is 4.56. The first-order valence-electron chi connectivity index (χ1n) is 11.9. The second-order valence-corrected chi connectivity index (χ2v) is 10.2. The molecule has 1 unspecified atom stereocenters. The fraction of sp³-hybridized carbons (Fsp3) is 0.310. The number of nitrogens with zero attached hydrogens (tertiary/aromatic N) is 2. The number of rotatable bonds is 6. The third-order valence-electron chi connectivity index (χ3n) is 6.41. The zero-order chi connectivity index (χ0) is 24.6. The molecule has 0 spiro atoms. The SMILES string of the molecule is CC(C)(C)c1nc2cc(COc3ccc4c(c3)C(C(=O)O)N(Cc3ccccc3)CC4)ccc2o1. The van der Waals surface area contributed by atoms with Crippen molar-refractivity contribution in [1.29, 1.82) is 0 Å². The van der Waals surface area contributed by atoms with Gasteiger partial charge in [0.1, 0.15) is 23.9 Å². The van der Waals surface area contributed by atoms with Crippen LogP contribution >= 0.6 is 0 Å². The van der Waals surface area contributed by atoms with Crippen LogP contribution in [-0.4, -0.2) is 27.5 Å². The molecule has 6 nitrogen and oxygen atoms in total. The van der Waals surface area contributed by atoms with Gasteiger partial charge in [-0.3, -0.25) is 9.69 Å². The molecule has 35 heavy (non-hydrogen) atoms. The van der Waals surface area contributed by atoms with Gasteiger partial charge < -0.3 is 14.3 Å². The van der Waals surface area contributed by atoms with E-state index in [1.54, 1.807) is 0 Å². The Balaban J connectivity index is 1.35. The quantitative estimate of drug-likeness (QED) is 0.379. The Morgan fingerprint density at radius 2 is 1.89 bits per heavy atom. The molecular formula is C29H30N2O4. The van der Waals surface area contributed by atoms with Gasteiger partial charge in [-0.2, -0.15) is 0 Å². The van der Waals surface area contributed by atoms with Crippen molar-refractivity contribution in [3.8, 4) is 5.75 Å². The summed E-state index contributed by atoms with van der Waals surface area (Å²) in [5, 5.41) is 10.1. The summed E-state index contributed by atoms with van der Waals surface area (Å²) >= 11 is 0. The Morgan fingerprint density at radius 1 is 1.09 bits per heavy atom. The molecule has 1 N–H and O–H groups in total. The van der Waals surface area contributed by atoms with Gasteiger partial charge in [0.2, 0.25) is 5.89 Å². The summed E-state index contributed by atoms with van der Waals surface area (Å²) in [6.45, 7) is 7.87. The van der Waals surface area contributed by atoms with Crippen molar-refractivity contribution in [2.24, 2.45) is 0 Å². The summed E-state index contributed by atoms with van der Waals surface area (Å²) in [5.41, 5.74) is 5.36. The van der Waals surface area contributed by atoms with Crippen LogP contribution in [0.2, 0.25) is 0 Å². The van der Waals surface area contributed by atoms with Gasteiger partial charge in [-0.1, -0.05) is 63.2 Å². The monoisotopic (exact) mass is 470 g/mol. The number of oxazole rings is 1. The third kappa shape index (κ3) is 4.93. The molecule has 3 aromatic carbocycles. The third-order valence-corrected chi connectivity index (χ3v) is 6.41. The van der Waals surface area contributed by atoms with Crippen molar-refractivity contribution in [3.63, 3.8) is 0 Å². The maximum atomic E-state index is 12.3. The normalized spacial score (nSPS) is 16.3. The summed E-state index contributed by atoms with van der Waals surface area (Å²) < 4.78 is 12.0. The minimum Gasteiger partial charge on any atom is -0.489 e. The number of fused-ring (bicyclic) bond motifs is 2. The van der Waals surface area contributed by atoms with E-state index in [0.29, 0.717) is 31.3 Å². The van der Waals surface area contributed by atoms with Gasteiger partial charge in [0.25, 0.3) is 0 Å². The highest BCUT2D eigenvalue weighted by atomic mass is 16.5. The highest BCUT2D eigenvalue weighted by molar-refractivity contribution is 5.77. The lowest BCUT2D eigenvalue weighted by molar-refractivity contribution is -0.144. The molecule has 0 amide bonds. The van der Waals surface area contributed by atoms with Crippen molar-refractivity contribution in [3.05, 3.63) is 94.9 Å². The van der Waals surface area contributed by atoms with E-state index >= 15 is 0 Å². The van der Waals surface area contributed by atoms with Crippen molar-refractivity contribution >= 4 is 17.1 Å². The highest BCUT2D eigenvalue weighted by Gasteiger charge is 2.33. The number of benzene rings is 3. The van der Waals surface area contributed by atoms with E-state index in [1.165, 1.54) is 0 Å². The molecule has 0 saturated carbocycles. The van der Waals surface area contributed by atoms with E-state index in [0.717, 1.165) is 39.8 Å². The molecule has 1 aliphatic heterocycles. The van der Waals surface area contributed by atoms with Crippen LogP contribution in [0.25, 0.3) is 11.1 Å². The Morgan fingerprint density at radius 3 is 2.63 bits per heavy atom. The lowest BCUT2D eigenvalue weighted by Crippen LogP contribution is -2.39. The maximum Gasteiger partial charge on any atom is 0.325 e. The smallest absolute Gasteiger partial charge is 0.325 e. The molecule has 0 saturated heterocycles. The van der Waals surface area contributed by atoms with Crippen LogP contribution in [0.3, 0.4) is 0 Å². The second-order valence-electron chi connectivity index (χ2n) is 10.2. The van der Waals surface area contributed by atoms with E-state index < -0.39 is 12.0 Å². The number of carbonyl (C=O) groups is 1. The van der Waals surface area contributed by atoms with Gasteiger partial charge in [0.05, 0.1) is 0 Å². The number of aromatic nitrogens is 1. The molecule has 1 atom stereocenters. The Bertz CT molecular complexity index is 1350. The van der Waals surface area contributed by atoms with Gasteiger partial charge >= 0.3 is 5.97 Å². The molecular weight excluding hydrogens is 440 g/mol. The van der Waals surface area contributed by atoms with E-state index in [4.69, 9.17) is 9.15 Å². The fourth-order valence-electron chi connectivity index (χ4n) is 4.56. The molecule has 5 rings (SSSR count). The average Bonchev–Trinajstić information content (AvgIpc) is 3.27. The molecule has 0 radical (unpaired) electrons. The molecule has 180 valence electrons. The average molecular weight is 471 g/mol. The molecule has 2 heterocycles. The van der Waals surface area contributed by atoms with E-state index in [1.807, 2.05) is 71.6 Å². The number of aliphatic carboxylic acids is 1. The van der Waals surface area contributed by atoms with Gasteiger partial charge in [-0.15, -0.1) is 0 Å². The summed E-state index contributed by atoms with van der Waals surface area (Å²) in [4.78, 5) is 19.0. The number of ether oxygens (including phenoxy) is 1. The number of carboxylic acid groups (broad SMARTS) is 1. The molecule has 6 heteroatoms. The van der Waals surface area contributed by atoms with Crippen molar-refractivity contribution in [2.45, 2.75) is 51.8 Å². The summed E-state index contributed by atoms with van der Waals surface area (Å²) in [6, 6.07) is 21.0. The summed E-state index contributed by atoms with van der Waals surface area (Å²) in [5.74, 6) is 0.525. The van der Waals surface area contributed by atoms with Crippen LogP contribution in [0.1, 0.15) is 55.0 Å². The maximum absolute atomic E-state index is 12.3. The van der Waals surface area contributed by atoms with E-state index in [-0.39, 0.29) is 5.41 Å². The topological polar surface area (TPSA) is 75.8 Å². The van der Waals surface area contributed by atoms with Crippen LogP contribution in [0, 0.1) is 0 Å². The number of hydrogen-bond acceptors (Lipinski definition) is 5. The predicted molar refractivity (Wildman–Crippen MR) is 134 cm³/mol. The first-order chi connectivity index (χ1) is 16.8. The lowest BCUT2D eigenvalue weighted by Gasteiger charge is -2.35. The van der Waals surface area contributed by atoms with Gasteiger partial charge in [0.15, 0.2) is 5.58 Å². The number of hydrogen-bond donors (Lipinski definition) is 1. The van der Waals surface area contributed by atoms with Gasteiger partial charge in [0, 0.05) is 18.5 Å². The summed E-state index contributed by atoms with van der Waals surface area (Å²) in [6.07, 6.45) is 0.811. The van der Waals surface area contributed by atoms with Crippen molar-refractivity contribution in [1.82, 2.24) is 9.88 Å². The zero-order valence-corrected chi connectivity index (χ0v) is 20.3.